The second-order valence-electron chi connectivity index (χ2n) is 5.37. The first kappa shape index (κ1) is 18.9. The van der Waals surface area contributed by atoms with Gasteiger partial charge in [0.05, 0.1) is 19.3 Å². The molecule has 0 amide bonds. The molecule has 1 aromatic rings. The third-order valence-corrected chi connectivity index (χ3v) is 2.56. The number of hydrogen-bond acceptors (Lipinski definition) is 4. The van der Waals surface area contributed by atoms with Crippen molar-refractivity contribution in [2.75, 3.05) is 13.7 Å². The van der Waals surface area contributed by atoms with Gasteiger partial charge in [0.25, 0.3) is 0 Å². The van der Waals surface area contributed by atoms with E-state index in [1.54, 1.807) is 0 Å². The van der Waals surface area contributed by atoms with Crippen LogP contribution in [0.5, 0.6) is 0 Å². The summed E-state index contributed by atoms with van der Waals surface area (Å²) < 4.78 is 10.4. The van der Waals surface area contributed by atoms with Gasteiger partial charge in [0.2, 0.25) is 0 Å². The maximum Gasteiger partial charge on any atom is 0.325 e. The number of halogens is 1. The fourth-order valence-electron chi connectivity index (χ4n) is 1.52. The van der Waals surface area contributed by atoms with Crippen molar-refractivity contribution in [1.82, 2.24) is 5.32 Å². The largest absolute Gasteiger partial charge is 0.468 e. The van der Waals surface area contributed by atoms with Gasteiger partial charge in [0.1, 0.15) is 6.04 Å². The normalized spacial score (nSPS) is 12.4. The minimum atomic E-state index is -0.454. The van der Waals surface area contributed by atoms with Gasteiger partial charge < -0.3 is 9.47 Å². The van der Waals surface area contributed by atoms with Crippen LogP contribution in [0.4, 0.5) is 0 Å². The van der Waals surface area contributed by atoms with Crippen molar-refractivity contribution in [1.29, 1.82) is 0 Å². The van der Waals surface area contributed by atoms with E-state index in [-0.39, 0.29) is 24.0 Å². The van der Waals surface area contributed by atoms with E-state index in [1.807, 2.05) is 51.1 Å². The number of carbonyl (C=O) groups is 1. The van der Waals surface area contributed by atoms with E-state index in [2.05, 4.69) is 5.32 Å². The van der Waals surface area contributed by atoms with Gasteiger partial charge in [-0.25, -0.2) is 0 Å². The molecule has 4 nitrogen and oxygen atoms in total. The molecule has 1 atom stereocenters. The Hall–Kier alpha value is -1.10. The highest BCUT2D eigenvalue weighted by molar-refractivity contribution is 5.85. The van der Waals surface area contributed by atoms with Crippen LogP contribution in [0.25, 0.3) is 0 Å². The number of benzene rings is 1. The first-order valence-electron chi connectivity index (χ1n) is 6.41. The molecule has 0 bridgehead atoms. The molecule has 0 heterocycles. The number of hydrogen-bond donors (Lipinski definition) is 1. The Bertz CT molecular complexity index is 390. The topological polar surface area (TPSA) is 47.6 Å². The van der Waals surface area contributed by atoms with Crippen molar-refractivity contribution in [3.63, 3.8) is 0 Å². The third-order valence-electron chi connectivity index (χ3n) is 2.56. The maximum atomic E-state index is 11.7. The molecule has 0 aliphatic heterocycles. The van der Waals surface area contributed by atoms with Crippen molar-refractivity contribution in [2.45, 2.75) is 39.0 Å². The summed E-state index contributed by atoms with van der Waals surface area (Å²) in [7, 11) is 1.39. The van der Waals surface area contributed by atoms with Crippen LogP contribution in [-0.4, -0.2) is 31.3 Å². The van der Waals surface area contributed by atoms with Gasteiger partial charge in [0.15, 0.2) is 0 Å². The minimum absolute atomic E-state index is 0. The molecule has 0 saturated carbocycles. The van der Waals surface area contributed by atoms with Gasteiger partial charge in [-0.15, -0.1) is 12.4 Å². The van der Waals surface area contributed by atoms with Crippen LogP contribution in [0.2, 0.25) is 0 Å². The molecule has 0 aromatic heterocycles. The van der Waals surface area contributed by atoms with E-state index in [9.17, 15) is 4.79 Å². The Balaban J connectivity index is 0.00000361. The van der Waals surface area contributed by atoms with E-state index in [1.165, 1.54) is 7.11 Å². The Morgan fingerprint density at radius 2 is 1.85 bits per heavy atom. The number of carbonyl (C=O) groups excluding carboxylic acids is 1. The maximum absolute atomic E-state index is 11.7. The highest BCUT2D eigenvalue weighted by atomic mass is 35.5. The van der Waals surface area contributed by atoms with E-state index >= 15 is 0 Å². The lowest BCUT2D eigenvalue weighted by Crippen LogP contribution is -2.42. The zero-order valence-electron chi connectivity index (χ0n) is 12.5. The fraction of sp³-hybridized carbons (Fsp3) is 0.533. The van der Waals surface area contributed by atoms with E-state index < -0.39 is 6.04 Å². The first-order chi connectivity index (χ1) is 8.92. The number of methoxy groups -OCH3 is 1. The summed E-state index contributed by atoms with van der Waals surface area (Å²) >= 11 is 0. The molecule has 5 heteroatoms. The predicted molar refractivity (Wildman–Crippen MR) is 82.0 cm³/mol. The van der Waals surface area contributed by atoms with E-state index in [4.69, 9.17) is 9.47 Å². The van der Waals surface area contributed by atoms with Crippen LogP contribution >= 0.6 is 12.4 Å². The average molecular weight is 302 g/mol. The predicted octanol–water partition coefficient (Wildman–Crippen LogP) is 2.55. The fourth-order valence-corrected chi connectivity index (χ4v) is 1.52. The van der Waals surface area contributed by atoms with E-state index in [0.29, 0.717) is 13.2 Å². The highest BCUT2D eigenvalue weighted by Gasteiger charge is 2.22. The summed E-state index contributed by atoms with van der Waals surface area (Å²) in [5.74, 6) is -0.305. The highest BCUT2D eigenvalue weighted by Crippen LogP contribution is 2.08. The first-order valence-corrected chi connectivity index (χ1v) is 6.41. The number of rotatable bonds is 6. The average Bonchev–Trinajstić information content (AvgIpc) is 2.38. The molecule has 114 valence electrons. The molecule has 20 heavy (non-hydrogen) atoms. The number of nitrogens with one attached hydrogen (secondary N) is 1. The minimum Gasteiger partial charge on any atom is -0.468 e. The third kappa shape index (κ3) is 7.48. The second-order valence-corrected chi connectivity index (χ2v) is 5.37. The summed E-state index contributed by atoms with van der Waals surface area (Å²) in [6, 6.07) is 9.46. The second kappa shape index (κ2) is 8.95. The molecule has 0 fully saturated rings. The van der Waals surface area contributed by atoms with Crippen LogP contribution in [0.15, 0.2) is 30.3 Å². The number of ether oxygens (including phenoxy) is 2. The lowest BCUT2D eigenvalue weighted by atomic mass is 10.2. The van der Waals surface area contributed by atoms with Crippen LogP contribution in [0, 0.1) is 0 Å². The Kier molecular flexibility index (Phi) is 8.46. The van der Waals surface area contributed by atoms with Crippen LogP contribution in [-0.2, 0) is 20.8 Å². The van der Waals surface area contributed by atoms with Crippen molar-refractivity contribution >= 4 is 18.4 Å². The Morgan fingerprint density at radius 3 is 2.35 bits per heavy atom. The summed E-state index contributed by atoms with van der Waals surface area (Å²) in [5, 5.41) is 3.16. The Labute approximate surface area is 127 Å². The lowest BCUT2D eigenvalue weighted by Gasteiger charge is -2.24. The van der Waals surface area contributed by atoms with Gasteiger partial charge in [-0.05, 0) is 26.3 Å². The molecule has 0 spiro atoms. The molecule has 0 aliphatic carbocycles. The van der Waals surface area contributed by atoms with Crippen molar-refractivity contribution < 1.29 is 14.3 Å². The van der Waals surface area contributed by atoms with Gasteiger partial charge in [-0.2, -0.15) is 0 Å². The monoisotopic (exact) mass is 301 g/mol. The summed E-state index contributed by atoms with van der Waals surface area (Å²) in [6.07, 6.45) is 0. The molecular formula is C15H24ClNO3. The van der Waals surface area contributed by atoms with Gasteiger partial charge in [-0.3, -0.25) is 10.1 Å². The molecule has 1 aromatic carbocycles. The van der Waals surface area contributed by atoms with Crippen molar-refractivity contribution in [3.05, 3.63) is 35.9 Å². The summed E-state index contributed by atoms with van der Waals surface area (Å²) in [6.45, 7) is 6.77. The zero-order valence-corrected chi connectivity index (χ0v) is 13.3. The van der Waals surface area contributed by atoms with Crippen LogP contribution < -0.4 is 5.32 Å². The Morgan fingerprint density at radius 1 is 1.25 bits per heavy atom. The summed E-state index contributed by atoms with van der Waals surface area (Å²) in [5.41, 5.74) is 0.841. The van der Waals surface area contributed by atoms with Crippen molar-refractivity contribution in [3.8, 4) is 0 Å². The molecule has 1 N–H and O–H groups in total. The molecule has 0 saturated heterocycles. The molecule has 0 aliphatic rings. The van der Waals surface area contributed by atoms with Gasteiger partial charge in [-0.1, -0.05) is 30.3 Å². The smallest absolute Gasteiger partial charge is 0.325 e. The quantitative estimate of drug-likeness (QED) is 0.820. The standard InChI is InChI=1S/C15H23NO3.ClH/c1-15(2,3)19-11-13(14(17)18-4)16-10-12-8-6-5-7-9-12;/h5-9,13,16H,10-11H2,1-4H3;1H/t13-;/m0./s1. The molecular weight excluding hydrogens is 278 g/mol. The van der Waals surface area contributed by atoms with E-state index in [0.717, 1.165) is 5.56 Å². The van der Waals surface area contributed by atoms with Crippen molar-refractivity contribution in [2.24, 2.45) is 0 Å². The van der Waals surface area contributed by atoms with Gasteiger partial charge in [0, 0.05) is 6.54 Å². The molecule has 0 radical (unpaired) electrons. The van der Waals surface area contributed by atoms with Crippen LogP contribution in [0.3, 0.4) is 0 Å². The molecule has 0 unspecified atom stereocenters. The lowest BCUT2D eigenvalue weighted by molar-refractivity contribution is -0.146. The SMILES string of the molecule is COC(=O)[C@H](COC(C)(C)C)NCc1ccccc1.Cl. The van der Waals surface area contributed by atoms with Gasteiger partial charge >= 0.3 is 5.97 Å². The van der Waals surface area contributed by atoms with Crippen LogP contribution in [0.1, 0.15) is 26.3 Å². The number of esters is 1. The zero-order chi connectivity index (χ0) is 14.3. The summed E-state index contributed by atoms with van der Waals surface area (Å²) in [4.78, 5) is 11.7. The molecule has 1 rings (SSSR count).